The van der Waals surface area contributed by atoms with Crippen molar-refractivity contribution in [3.63, 3.8) is 0 Å². The lowest BCUT2D eigenvalue weighted by Crippen LogP contribution is -2.45. The van der Waals surface area contributed by atoms with E-state index in [0.717, 1.165) is 6.07 Å². The molecule has 0 saturated carbocycles. The van der Waals surface area contributed by atoms with Crippen LogP contribution in [0.4, 0.5) is 9.18 Å². The maximum atomic E-state index is 14.3. The van der Waals surface area contributed by atoms with Crippen LogP contribution in [0.3, 0.4) is 0 Å². The molecule has 0 heterocycles. The molecule has 1 amide bonds. The van der Waals surface area contributed by atoms with Crippen LogP contribution in [-0.2, 0) is 20.7 Å². The number of benzene rings is 1. The second-order valence-electron chi connectivity index (χ2n) is 6.22. The molecule has 140 valence electrons. The molecule has 0 spiro atoms. The molecule has 0 aliphatic rings. The van der Waals surface area contributed by atoms with E-state index in [0.29, 0.717) is 5.75 Å². The van der Waals surface area contributed by atoms with Gasteiger partial charge in [0.05, 0.1) is 21.3 Å². The first-order valence-corrected chi connectivity index (χ1v) is 7.59. The minimum Gasteiger partial charge on any atom is -0.493 e. The summed E-state index contributed by atoms with van der Waals surface area (Å²) in [5.41, 5.74) is -0.580. The molecule has 0 fully saturated rings. The molecule has 0 bridgehead atoms. The summed E-state index contributed by atoms with van der Waals surface area (Å²) in [7, 11) is 3.98. The highest BCUT2D eigenvalue weighted by molar-refractivity contribution is 5.81. The molecule has 0 saturated heterocycles. The Kier molecular flexibility index (Phi) is 7.02. The highest BCUT2D eigenvalue weighted by atomic mass is 18.2. The number of nitrogens with one attached hydrogen (secondary N) is 1. The Morgan fingerprint density at radius 1 is 1.12 bits per heavy atom. The standard InChI is InChI=1S/C17H24FNO6/c1-17(2,3)25-16(21)19-12(15(20)24-6)7-10-8-13(22-4)14(23-5)9-11(10)18/h8-9,12H,7H2,1-6H3,(H,19,21)/t12-/m0/s1/i18-1. The van der Waals surface area contributed by atoms with Crippen molar-refractivity contribution in [2.45, 2.75) is 38.8 Å². The van der Waals surface area contributed by atoms with Crippen molar-refractivity contribution in [3.05, 3.63) is 23.5 Å². The van der Waals surface area contributed by atoms with Crippen LogP contribution in [0, 0.1) is 5.82 Å². The molecule has 0 aromatic heterocycles. The Bertz CT molecular complexity index is 626. The van der Waals surface area contributed by atoms with Gasteiger partial charge in [0, 0.05) is 12.5 Å². The molecule has 1 rings (SSSR count). The first-order chi connectivity index (χ1) is 11.6. The lowest BCUT2D eigenvalue weighted by Gasteiger charge is -2.23. The maximum Gasteiger partial charge on any atom is 0.408 e. The summed E-state index contributed by atoms with van der Waals surface area (Å²) >= 11 is 0. The fourth-order valence-electron chi connectivity index (χ4n) is 2.06. The number of halogens is 1. The van der Waals surface area contributed by atoms with Gasteiger partial charge in [0.15, 0.2) is 11.5 Å². The molecule has 7 nitrogen and oxygen atoms in total. The second kappa shape index (κ2) is 8.55. The third-order valence-corrected chi connectivity index (χ3v) is 3.15. The van der Waals surface area contributed by atoms with Gasteiger partial charge in [0.2, 0.25) is 0 Å². The van der Waals surface area contributed by atoms with Crippen molar-refractivity contribution in [2.75, 3.05) is 21.3 Å². The van der Waals surface area contributed by atoms with Gasteiger partial charge >= 0.3 is 12.1 Å². The highest BCUT2D eigenvalue weighted by Crippen LogP contribution is 2.30. The van der Waals surface area contributed by atoms with Gasteiger partial charge in [-0.2, -0.15) is 0 Å². The largest absolute Gasteiger partial charge is 0.493 e. The SMILES string of the molecule is COC(=O)[C@H](Cc1cc(OC)c(OC)cc1[18F])NC(=O)OC(C)(C)C. The maximum absolute atomic E-state index is 14.3. The smallest absolute Gasteiger partial charge is 0.408 e. The zero-order chi connectivity index (χ0) is 19.2. The normalized spacial score (nSPS) is 12.1. The van der Waals surface area contributed by atoms with Gasteiger partial charge in [-0.25, -0.2) is 14.0 Å². The van der Waals surface area contributed by atoms with Crippen molar-refractivity contribution in [1.29, 1.82) is 0 Å². The summed E-state index contributed by atoms with van der Waals surface area (Å²) in [4.78, 5) is 23.8. The number of alkyl carbamates (subject to hydrolysis) is 1. The third-order valence-electron chi connectivity index (χ3n) is 3.15. The van der Waals surface area contributed by atoms with Crippen molar-refractivity contribution in [2.24, 2.45) is 0 Å². The van der Waals surface area contributed by atoms with Gasteiger partial charge in [0.1, 0.15) is 17.5 Å². The summed E-state index contributed by atoms with van der Waals surface area (Å²) in [5.74, 6) is -0.796. The summed E-state index contributed by atoms with van der Waals surface area (Å²) in [6.07, 6.45) is -0.943. The number of hydrogen-bond donors (Lipinski definition) is 1. The van der Waals surface area contributed by atoms with Crippen LogP contribution in [0.25, 0.3) is 0 Å². The molecule has 0 unspecified atom stereocenters. The number of carbonyl (C=O) groups is 2. The van der Waals surface area contributed by atoms with Crippen LogP contribution in [0.1, 0.15) is 26.3 Å². The third kappa shape index (κ3) is 6.13. The van der Waals surface area contributed by atoms with E-state index < -0.39 is 29.5 Å². The van der Waals surface area contributed by atoms with Crippen LogP contribution in [0.5, 0.6) is 11.5 Å². The van der Waals surface area contributed by atoms with Crippen molar-refractivity contribution < 1.29 is 32.9 Å². The van der Waals surface area contributed by atoms with E-state index >= 15 is 0 Å². The predicted octanol–water partition coefficient (Wildman–Crippen LogP) is 2.45. The average Bonchev–Trinajstić information content (AvgIpc) is 2.52. The van der Waals surface area contributed by atoms with Gasteiger partial charge in [-0.3, -0.25) is 0 Å². The molecular formula is C17H24FNO6. The molecular weight excluding hydrogens is 332 g/mol. The van der Waals surface area contributed by atoms with Crippen molar-refractivity contribution in [3.8, 4) is 11.5 Å². The first-order valence-electron chi connectivity index (χ1n) is 7.59. The summed E-state index contributed by atoms with van der Waals surface area (Å²) < 4.78 is 34.2. The van der Waals surface area contributed by atoms with E-state index in [4.69, 9.17) is 14.2 Å². The minimum absolute atomic E-state index is 0.141. The Hall–Kier alpha value is -2.51. The lowest BCUT2D eigenvalue weighted by atomic mass is 10.0. The Morgan fingerprint density at radius 2 is 1.68 bits per heavy atom. The highest BCUT2D eigenvalue weighted by Gasteiger charge is 2.27. The first kappa shape index (κ1) is 20.5. The Labute approximate surface area is 146 Å². The van der Waals surface area contributed by atoms with Crippen LogP contribution in [0.15, 0.2) is 12.1 Å². The van der Waals surface area contributed by atoms with Crippen LogP contribution >= 0.6 is 0 Å². The number of ether oxygens (including phenoxy) is 4. The van der Waals surface area contributed by atoms with E-state index in [1.54, 1.807) is 20.8 Å². The molecule has 0 radical (unpaired) electrons. The number of hydrogen-bond acceptors (Lipinski definition) is 6. The van der Waals surface area contributed by atoms with Gasteiger partial charge in [0.25, 0.3) is 0 Å². The van der Waals surface area contributed by atoms with Crippen molar-refractivity contribution in [1.82, 2.24) is 5.32 Å². The molecule has 1 aromatic carbocycles. The van der Waals surface area contributed by atoms with Crippen LogP contribution in [0.2, 0.25) is 0 Å². The molecule has 0 aliphatic carbocycles. The van der Waals surface area contributed by atoms with Crippen LogP contribution in [-0.4, -0.2) is 45.0 Å². The van der Waals surface area contributed by atoms with E-state index in [9.17, 15) is 14.0 Å². The summed E-state index contributed by atoms with van der Waals surface area (Å²) in [6, 6.07) is 1.43. The molecule has 1 aromatic rings. The molecule has 1 N–H and O–H groups in total. The fourth-order valence-corrected chi connectivity index (χ4v) is 2.06. The summed E-state index contributed by atoms with van der Waals surface area (Å²) in [6.45, 7) is 5.06. The number of esters is 1. The van der Waals surface area contributed by atoms with Crippen molar-refractivity contribution >= 4 is 12.1 Å². The van der Waals surface area contributed by atoms with E-state index in [1.807, 2.05) is 0 Å². The predicted molar refractivity (Wildman–Crippen MR) is 88.4 cm³/mol. The van der Waals surface area contributed by atoms with E-state index in [1.165, 1.54) is 27.4 Å². The number of carbonyl (C=O) groups excluding carboxylic acids is 2. The van der Waals surface area contributed by atoms with E-state index in [2.05, 4.69) is 10.1 Å². The zero-order valence-corrected chi connectivity index (χ0v) is 15.3. The molecule has 0 aliphatic heterocycles. The molecule has 1 atom stereocenters. The topological polar surface area (TPSA) is 83.1 Å². The quantitative estimate of drug-likeness (QED) is 0.789. The van der Waals surface area contributed by atoms with Crippen LogP contribution < -0.4 is 14.8 Å². The minimum atomic E-state index is -1.12. The monoisotopic (exact) mass is 356 g/mol. The zero-order valence-electron chi connectivity index (χ0n) is 15.3. The summed E-state index contributed by atoms with van der Waals surface area (Å²) in [5, 5.41) is 2.39. The second-order valence-corrected chi connectivity index (χ2v) is 6.22. The van der Waals surface area contributed by atoms with Gasteiger partial charge in [-0.15, -0.1) is 0 Å². The number of amides is 1. The van der Waals surface area contributed by atoms with Gasteiger partial charge in [-0.05, 0) is 32.4 Å². The Balaban J connectivity index is 3.03. The molecule has 8 heteroatoms. The lowest BCUT2D eigenvalue weighted by molar-refractivity contribution is -0.143. The number of methoxy groups -OCH3 is 3. The average molecular weight is 356 g/mol. The number of rotatable bonds is 6. The van der Waals surface area contributed by atoms with Gasteiger partial charge in [-0.1, -0.05) is 0 Å². The molecule has 25 heavy (non-hydrogen) atoms. The fraction of sp³-hybridized carbons (Fsp3) is 0.529. The Morgan fingerprint density at radius 3 is 2.16 bits per heavy atom. The van der Waals surface area contributed by atoms with E-state index in [-0.39, 0.29) is 17.7 Å². The van der Waals surface area contributed by atoms with Gasteiger partial charge < -0.3 is 24.3 Å².